The van der Waals surface area contributed by atoms with Gasteiger partial charge in [0, 0.05) is 0 Å². The number of carbonyl (C=O) groups is 1. The van der Waals surface area contributed by atoms with Gasteiger partial charge in [-0.05, 0) is 24.3 Å². The van der Waals surface area contributed by atoms with Crippen LogP contribution in [0.15, 0.2) is 53.3 Å². The number of amides is 1. The molecule has 1 aliphatic heterocycles. The van der Waals surface area contributed by atoms with Gasteiger partial charge in [-0.25, -0.2) is 0 Å². The molecule has 7 heteroatoms. The zero-order chi connectivity index (χ0) is 17.2. The van der Waals surface area contributed by atoms with Crippen LogP contribution < -0.4 is 19.7 Å². The van der Waals surface area contributed by atoms with E-state index in [-0.39, 0.29) is 23.4 Å². The fourth-order valence-electron chi connectivity index (χ4n) is 2.75. The van der Waals surface area contributed by atoms with E-state index in [0.717, 1.165) is 21.6 Å². The Morgan fingerprint density at radius 1 is 1.16 bits per heavy atom. The maximum atomic E-state index is 12.2. The lowest BCUT2D eigenvalue weighted by Gasteiger charge is -2.26. The Kier molecular flexibility index (Phi) is 4.15. The van der Waals surface area contributed by atoms with Gasteiger partial charge in [-0.3, -0.25) is 14.2 Å². The molecule has 0 fully saturated rings. The number of aromatic nitrogens is 1. The van der Waals surface area contributed by atoms with Crippen LogP contribution in [0.2, 0.25) is 0 Å². The molecule has 0 saturated heterocycles. The monoisotopic (exact) mass is 356 g/mol. The lowest BCUT2D eigenvalue weighted by molar-refractivity contribution is -0.122. The number of carbonyl (C=O) groups excluding carboxylic acids is 1. The first-order chi connectivity index (χ1) is 12.2. The van der Waals surface area contributed by atoms with Gasteiger partial charge in [0.15, 0.2) is 11.5 Å². The third kappa shape index (κ3) is 3.23. The summed E-state index contributed by atoms with van der Waals surface area (Å²) in [5, 5.41) is 2.81. The lowest BCUT2D eigenvalue weighted by Crippen LogP contribution is -2.42. The van der Waals surface area contributed by atoms with Crippen LogP contribution in [-0.4, -0.2) is 29.7 Å². The molecule has 0 radical (unpaired) electrons. The summed E-state index contributed by atoms with van der Waals surface area (Å²) in [4.78, 5) is 24.2. The summed E-state index contributed by atoms with van der Waals surface area (Å²) in [6.45, 7) is 0.690. The van der Waals surface area contributed by atoms with Crippen molar-refractivity contribution < 1.29 is 14.3 Å². The molecule has 1 amide bonds. The minimum atomic E-state index is -0.255. The predicted molar refractivity (Wildman–Crippen MR) is 95.4 cm³/mol. The van der Waals surface area contributed by atoms with Gasteiger partial charge >= 0.3 is 4.87 Å². The Morgan fingerprint density at radius 3 is 2.80 bits per heavy atom. The molecule has 25 heavy (non-hydrogen) atoms. The van der Waals surface area contributed by atoms with E-state index in [0.29, 0.717) is 24.7 Å². The fraction of sp³-hybridized carbons (Fsp3) is 0.222. The van der Waals surface area contributed by atoms with E-state index in [2.05, 4.69) is 5.32 Å². The molecule has 0 spiro atoms. The second kappa shape index (κ2) is 6.60. The van der Waals surface area contributed by atoms with Gasteiger partial charge in [0.2, 0.25) is 5.91 Å². The smallest absolute Gasteiger partial charge is 0.308 e. The van der Waals surface area contributed by atoms with Crippen molar-refractivity contribution in [3.8, 4) is 11.5 Å². The molecule has 1 unspecified atom stereocenters. The highest BCUT2D eigenvalue weighted by Gasteiger charge is 2.21. The van der Waals surface area contributed by atoms with E-state index < -0.39 is 0 Å². The zero-order valence-electron chi connectivity index (χ0n) is 13.3. The van der Waals surface area contributed by atoms with E-state index in [1.807, 2.05) is 48.5 Å². The second-order valence-electron chi connectivity index (χ2n) is 5.72. The van der Waals surface area contributed by atoms with Crippen molar-refractivity contribution in [1.29, 1.82) is 0 Å². The molecular weight excluding hydrogens is 340 g/mol. The summed E-state index contributed by atoms with van der Waals surface area (Å²) in [7, 11) is 0. The third-order valence-electron chi connectivity index (χ3n) is 3.97. The number of hydrogen-bond donors (Lipinski definition) is 1. The largest absolute Gasteiger partial charge is 0.486 e. The third-order valence-corrected chi connectivity index (χ3v) is 4.93. The van der Waals surface area contributed by atoms with Gasteiger partial charge < -0.3 is 14.8 Å². The van der Waals surface area contributed by atoms with Crippen LogP contribution in [0, 0.1) is 0 Å². The van der Waals surface area contributed by atoms with Crippen LogP contribution >= 0.6 is 11.3 Å². The minimum absolute atomic E-state index is 0.00693. The van der Waals surface area contributed by atoms with E-state index in [9.17, 15) is 9.59 Å². The van der Waals surface area contributed by atoms with Crippen molar-refractivity contribution in [2.24, 2.45) is 0 Å². The summed E-state index contributed by atoms with van der Waals surface area (Å²) in [5.74, 6) is 1.16. The van der Waals surface area contributed by atoms with Gasteiger partial charge in [-0.1, -0.05) is 35.6 Å². The average molecular weight is 356 g/mol. The Labute approximate surface area is 147 Å². The molecule has 128 valence electrons. The highest BCUT2D eigenvalue weighted by atomic mass is 32.1. The lowest BCUT2D eigenvalue weighted by atomic mass is 10.2. The quantitative estimate of drug-likeness (QED) is 0.776. The molecule has 0 aliphatic carbocycles. The summed E-state index contributed by atoms with van der Waals surface area (Å²) in [5.41, 5.74) is 0.777. The maximum Gasteiger partial charge on any atom is 0.308 e. The van der Waals surface area contributed by atoms with E-state index in [1.165, 1.54) is 4.57 Å². The van der Waals surface area contributed by atoms with Crippen molar-refractivity contribution in [1.82, 2.24) is 9.88 Å². The normalized spacial score (nSPS) is 15.9. The summed E-state index contributed by atoms with van der Waals surface area (Å²) in [6.07, 6.45) is -0.255. The molecule has 1 atom stereocenters. The van der Waals surface area contributed by atoms with Crippen molar-refractivity contribution in [2.45, 2.75) is 12.6 Å². The predicted octanol–water partition coefficient (Wildman–Crippen LogP) is 2.02. The molecule has 1 aromatic heterocycles. The first-order valence-corrected chi connectivity index (χ1v) is 8.76. The number of para-hydroxylation sites is 3. The topological polar surface area (TPSA) is 69.6 Å². The Morgan fingerprint density at radius 2 is 1.92 bits per heavy atom. The fourth-order valence-corrected chi connectivity index (χ4v) is 3.65. The van der Waals surface area contributed by atoms with Gasteiger partial charge in [-0.2, -0.15) is 0 Å². The second-order valence-corrected chi connectivity index (χ2v) is 6.72. The van der Waals surface area contributed by atoms with Gasteiger partial charge in [0.25, 0.3) is 0 Å². The first-order valence-electron chi connectivity index (χ1n) is 7.94. The zero-order valence-corrected chi connectivity index (χ0v) is 14.1. The van der Waals surface area contributed by atoms with Crippen LogP contribution in [0.1, 0.15) is 0 Å². The summed E-state index contributed by atoms with van der Waals surface area (Å²) in [6, 6.07) is 14.9. The number of ether oxygens (including phenoxy) is 2. The maximum absolute atomic E-state index is 12.2. The number of benzene rings is 2. The number of fused-ring (bicyclic) bond motifs is 2. The number of nitrogens with one attached hydrogen (secondary N) is 1. The van der Waals surface area contributed by atoms with Crippen LogP contribution in [0.4, 0.5) is 0 Å². The van der Waals surface area contributed by atoms with Crippen LogP contribution in [0.25, 0.3) is 10.2 Å². The molecule has 2 heterocycles. The van der Waals surface area contributed by atoms with Crippen LogP contribution in [-0.2, 0) is 11.3 Å². The van der Waals surface area contributed by atoms with Crippen molar-refractivity contribution >= 4 is 27.5 Å². The standard InChI is InChI=1S/C18H16N2O4S/c21-17(10-20-13-5-1-4-8-16(13)25-18(20)22)19-9-12-11-23-14-6-2-3-7-15(14)24-12/h1-8,12H,9-11H2,(H,19,21). The van der Waals surface area contributed by atoms with Crippen LogP contribution in [0.3, 0.4) is 0 Å². The van der Waals surface area contributed by atoms with E-state index >= 15 is 0 Å². The van der Waals surface area contributed by atoms with Gasteiger partial charge in [0.05, 0.1) is 16.8 Å². The first kappa shape index (κ1) is 15.7. The molecule has 0 saturated carbocycles. The van der Waals surface area contributed by atoms with E-state index in [4.69, 9.17) is 9.47 Å². The molecular formula is C18H16N2O4S. The summed E-state index contributed by atoms with van der Waals surface area (Å²) >= 11 is 1.14. The number of rotatable bonds is 4. The van der Waals surface area contributed by atoms with Crippen molar-refractivity contribution in [2.75, 3.05) is 13.2 Å². The van der Waals surface area contributed by atoms with Gasteiger partial charge in [-0.15, -0.1) is 0 Å². The van der Waals surface area contributed by atoms with Crippen molar-refractivity contribution in [3.05, 3.63) is 58.2 Å². The average Bonchev–Trinajstić information content (AvgIpc) is 2.95. The highest BCUT2D eigenvalue weighted by molar-refractivity contribution is 7.16. The molecule has 6 nitrogen and oxygen atoms in total. The van der Waals surface area contributed by atoms with Gasteiger partial charge in [0.1, 0.15) is 19.3 Å². The molecule has 1 N–H and O–H groups in total. The Hall–Kier alpha value is -2.80. The van der Waals surface area contributed by atoms with E-state index in [1.54, 1.807) is 0 Å². The molecule has 3 aromatic rings. The molecule has 4 rings (SSSR count). The molecule has 2 aromatic carbocycles. The number of nitrogens with zero attached hydrogens (tertiary/aromatic N) is 1. The molecule has 1 aliphatic rings. The highest BCUT2D eigenvalue weighted by Crippen LogP contribution is 2.30. The summed E-state index contributed by atoms with van der Waals surface area (Å²) < 4.78 is 13.8. The molecule has 0 bridgehead atoms. The Bertz CT molecular complexity index is 978. The SMILES string of the molecule is O=C(Cn1c(=O)sc2ccccc21)NCC1COc2ccccc2O1. The van der Waals surface area contributed by atoms with Crippen molar-refractivity contribution in [3.63, 3.8) is 0 Å². The van der Waals surface area contributed by atoms with Crippen LogP contribution in [0.5, 0.6) is 11.5 Å². The number of hydrogen-bond acceptors (Lipinski definition) is 5. The Balaban J connectivity index is 1.38. The minimum Gasteiger partial charge on any atom is -0.486 e. The number of thiazole rings is 1.